The molecule has 21 heavy (non-hydrogen) atoms. The lowest BCUT2D eigenvalue weighted by Crippen LogP contribution is -2.09. The fraction of sp³-hybridized carbons (Fsp3) is 0.278. The number of nitrogens with zero attached hydrogens (tertiary/aromatic N) is 2. The third-order valence-corrected chi connectivity index (χ3v) is 3.89. The molecule has 0 fully saturated rings. The van der Waals surface area contributed by atoms with Crippen molar-refractivity contribution in [2.75, 3.05) is 0 Å². The van der Waals surface area contributed by atoms with Crippen LogP contribution < -0.4 is 0 Å². The summed E-state index contributed by atoms with van der Waals surface area (Å²) in [6.07, 6.45) is 0.243. The Morgan fingerprint density at radius 2 is 1.81 bits per heavy atom. The van der Waals surface area contributed by atoms with Crippen molar-refractivity contribution in [1.82, 2.24) is 9.78 Å². The Labute approximate surface area is 124 Å². The minimum absolute atomic E-state index is 0.637. The third-order valence-electron chi connectivity index (χ3n) is 3.89. The van der Waals surface area contributed by atoms with E-state index in [9.17, 15) is 5.11 Å². The smallest absolute Gasteiger partial charge is 0.121 e. The molecule has 0 aliphatic heterocycles. The zero-order valence-electron chi connectivity index (χ0n) is 12.5. The third kappa shape index (κ3) is 2.57. The quantitative estimate of drug-likeness (QED) is 0.791. The summed E-state index contributed by atoms with van der Waals surface area (Å²) in [7, 11) is 0. The molecule has 0 aliphatic carbocycles. The van der Waals surface area contributed by atoms with Crippen molar-refractivity contribution in [3.8, 4) is 0 Å². The molecular formula is C18H20N2O. The first-order chi connectivity index (χ1) is 10.2. The molecular weight excluding hydrogens is 260 g/mol. The maximum Gasteiger partial charge on any atom is 0.121 e. The number of fused-ring (bicyclic) bond motifs is 1. The zero-order valence-corrected chi connectivity index (χ0v) is 12.5. The van der Waals surface area contributed by atoms with E-state index in [1.807, 2.05) is 35.9 Å². The number of aliphatic hydroxyl groups is 1. The highest BCUT2D eigenvalue weighted by molar-refractivity contribution is 5.83. The average Bonchev–Trinajstić information content (AvgIpc) is 2.97. The fourth-order valence-corrected chi connectivity index (χ4v) is 2.68. The van der Waals surface area contributed by atoms with E-state index in [1.165, 1.54) is 5.39 Å². The lowest BCUT2D eigenvalue weighted by molar-refractivity contribution is 0.208. The van der Waals surface area contributed by atoms with Gasteiger partial charge in [0.15, 0.2) is 0 Å². The normalized spacial score (nSPS) is 12.7. The van der Waals surface area contributed by atoms with E-state index in [-0.39, 0.29) is 0 Å². The summed E-state index contributed by atoms with van der Waals surface area (Å²) in [5.74, 6) is 0. The van der Waals surface area contributed by atoms with Gasteiger partial charge in [0.05, 0.1) is 11.4 Å². The molecule has 1 unspecified atom stereocenters. The van der Waals surface area contributed by atoms with Crippen molar-refractivity contribution in [2.45, 2.75) is 32.9 Å². The van der Waals surface area contributed by atoms with E-state index in [0.29, 0.717) is 0 Å². The van der Waals surface area contributed by atoms with Gasteiger partial charge in [0.2, 0.25) is 0 Å². The van der Waals surface area contributed by atoms with E-state index in [0.717, 1.165) is 35.3 Å². The first-order valence-corrected chi connectivity index (χ1v) is 7.46. The van der Waals surface area contributed by atoms with Gasteiger partial charge in [-0.3, -0.25) is 4.68 Å². The predicted molar refractivity (Wildman–Crippen MR) is 85.3 cm³/mol. The second kappa shape index (κ2) is 5.70. The summed E-state index contributed by atoms with van der Waals surface area (Å²) in [5, 5.41) is 17.6. The molecule has 3 nitrogen and oxygen atoms in total. The molecule has 0 amide bonds. The number of rotatable bonds is 4. The van der Waals surface area contributed by atoms with Crippen LogP contribution in [0.25, 0.3) is 10.8 Å². The highest BCUT2D eigenvalue weighted by atomic mass is 16.3. The van der Waals surface area contributed by atoms with Gasteiger partial charge in [-0.05, 0) is 41.8 Å². The van der Waals surface area contributed by atoms with Gasteiger partial charge in [0, 0.05) is 6.54 Å². The maximum absolute atomic E-state index is 10.7. The summed E-state index contributed by atoms with van der Waals surface area (Å²) < 4.78 is 1.89. The highest BCUT2D eigenvalue weighted by Crippen LogP contribution is 2.26. The number of hydrogen-bond acceptors (Lipinski definition) is 2. The van der Waals surface area contributed by atoms with Crippen LogP contribution in [0, 0.1) is 0 Å². The lowest BCUT2D eigenvalue weighted by atomic mass is 10.0. The molecule has 2 aromatic carbocycles. The Morgan fingerprint density at radius 3 is 2.52 bits per heavy atom. The van der Waals surface area contributed by atoms with Crippen LogP contribution in [0.5, 0.6) is 0 Å². The van der Waals surface area contributed by atoms with Crippen LogP contribution in [-0.4, -0.2) is 14.9 Å². The molecule has 3 rings (SSSR count). The minimum atomic E-state index is -0.637. The van der Waals surface area contributed by atoms with Crippen molar-refractivity contribution in [3.63, 3.8) is 0 Å². The van der Waals surface area contributed by atoms with Crippen LogP contribution in [0.15, 0.2) is 48.5 Å². The molecule has 1 N–H and O–H groups in total. The molecule has 0 bridgehead atoms. The molecule has 0 aliphatic rings. The lowest BCUT2D eigenvalue weighted by Gasteiger charge is -2.13. The Kier molecular flexibility index (Phi) is 3.76. The molecule has 0 saturated heterocycles. The topological polar surface area (TPSA) is 38.0 Å². The maximum atomic E-state index is 10.7. The van der Waals surface area contributed by atoms with Gasteiger partial charge in [-0.15, -0.1) is 0 Å². The standard InChI is InChI=1S/C18H20N2O/c1-3-16-12-17(20(4-2)19-16)18(21)15-10-9-13-7-5-6-8-14(13)11-15/h5-12,18,21H,3-4H2,1-2H3. The highest BCUT2D eigenvalue weighted by Gasteiger charge is 2.17. The largest absolute Gasteiger partial charge is 0.382 e. The predicted octanol–water partition coefficient (Wildman–Crippen LogP) is 3.70. The first-order valence-electron chi connectivity index (χ1n) is 7.46. The Hall–Kier alpha value is -2.13. The molecule has 1 aromatic heterocycles. The van der Waals surface area contributed by atoms with E-state index >= 15 is 0 Å². The number of benzene rings is 2. The van der Waals surface area contributed by atoms with Crippen molar-refractivity contribution in [1.29, 1.82) is 0 Å². The Bertz CT molecular complexity index is 761. The summed E-state index contributed by atoms with van der Waals surface area (Å²) in [4.78, 5) is 0. The van der Waals surface area contributed by atoms with Crippen LogP contribution in [0.2, 0.25) is 0 Å². The number of aliphatic hydroxyl groups excluding tert-OH is 1. The van der Waals surface area contributed by atoms with Crippen LogP contribution in [0.3, 0.4) is 0 Å². The van der Waals surface area contributed by atoms with Crippen LogP contribution in [-0.2, 0) is 13.0 Å². The molecule has 3 heteroatoms. The fourth-order valence-electron chi connectivity index (χ4n) is 2.68. The van der Waals surface area contributed by atoms with E-state index in [2.05, 4.69) is 36.3 Å². The van der Waals surface area contributed by atoms with Gasteiger partial charge < -0.3 is 5.11 Å². The summed E-state index contributed by atoms with van der Waals surface area (Å²) in [6, 6.07) is 16.3. The van der Waals surface area contributed by atoms with Crippen molar-refractivity contribution < 1.29 is 5.11 Å². The molecule has 1 atom stereocenters. The first kappa shape index (κ1) is 13.8. The second-order valence-electron chi connectivity index (χ2n) is 5.24. The van der Waals surface area contributed by atoms with E-state index in [1.54, 1.807) is 0 Å². The average molecular weight is 280 g/mol. The number of aromatic nitrogens is 2. The molecule has 0 saturated carbocycles. The monoisotopic (exact) mass is 280 g/mol. The number of hydrogen-bond donors (Lipinski definition) is 1. The minimum Gasteiger partial charge on any atom is -0.382 e. The van der Waals surface area contributed by atoms with Gasteiger partial charge in [0.1, 0.15) is 6.10 Å². The van der Waals surface area contributed by atoms with Gasteiger partial charge in [-0.25, -0.2) is 0 Å². The zero-order chi connectivity index (χ0) is 14.8. The summed E-state index contributed by atoms with van der Waals surface area (Å²) in [5.41, 5.74) is 2.79. The molecule has 0 radical (unpaired) electrons. The SMILES string of the molecule is CCc1cc(C(O)c2ccc3ccccc3c2)n(CC)n1. The van der Waals surface area contributed by atoms with Crippen LogP contribution in [0.1, 0.15) is 36.9 Å². The summed E-state index contributed by atoms with van der Waals surface area (Å²) in [6.45, 7) is 4.89. The van der Waals surface area contributed by atoms with Crippen molar-refractivity contribution in [2.24, 2.45) is 0 Å². The van der Waals surface area contributed by atoms with Crippen LogP contribution >= 0.6 is 0 Å². The van der Waals surface area contributed by atoms with E-state index < -0.39 is 6.10 Å². The molecule has 108 valence electrons. The van der Waals surface area contributed by atoms with Gasteiger partial charge in [0.25, 0.3) is 0 Å². The summed E-state index contributed by atoms with van der Waals surface area (Å²) >= 11 is 0. The van der Waals surface area contributed by atoms with Crippen molar-refractivity contribution in [3.05, 3.63) is 65.5 Å². The Morgan fingerprint density at radius 1 is 1.05 bits per heavy atom. The van der Waals surface area contributed by atoms with Crippen LogP contribution in [0.4, 0.5) is 0 Å². The van der Waals surface area contributed by atoms with Gasteiger partial charge in [-0.1, -0.05) is 43.3 Å². The van der Waals surface area contributed by atoms with Gasteiger partial charge in [-0.2, -0.15) is 5.10 Å². The van der Waals surface area contributed by atoms with Crippen molar-refractivity contribution >= 4 is 10.8 Å². The second-order valence-corrected chi connectivity index (χ2v) is 5.24. The molecule has 3 aromatic rings. The molecule has 0 spiro atoms. The van der Waals surface area contributed by atoms with E-state index in [4.69, 9.17) is 0 Å². The molecule has 1 heterocycles. The Balaban J connectivity index is 2.03. The van der Waals surface area contributed by atoms with Gasteiger partial charge >= 0.3 is 0 Å². The number of aryl methyl sites for hydroxylation is 2.